The van der Waals surface area contributed by atoms with Crippen LogP contribution >= 0.6 is 39.1 Å². The van der Waals surface area contributed by atoms with Crippen LogP contribution < -0.4 is 92.3 Å². The Morgan fingerprint density at radius 2 is 0.355 bits per heavy atom. The molecule has 0 aromatic carbocycles. The first-order chi connectivity index (χ1) is 10.0. The van der Waals surface area contributed by atoms with Gasteiger partial charge in [-0.1, -0.05) is 0 Å². The van der Waals surface area contributed by atoms with Crippen LogP contribution in [0, 0.1) is 35.6 Å². The second-order valence-corrected chi connectivity index (χ2v) is 6.71. The van der Waals surface area contributed by atoms with Crippen LogP contribution in [-0.4, -0.2) is 108 Å². The molecule has 0 bridgehead atoms. The van der Waals surface area contributed by atoms with Crippen LogP contribution in [0.2, 0.25) is 0 Å². The van der Waals surface area contributed by atoms with Gasteiger partial charge in [0.1, 0.15) is 0 Å². The molecule has 0 radical (unpaired) electrons. The molecule has 0 N–H and O–H groups in total. The van der Waals surface area contributed by atoms with Crippen molar-refractivity contribution >= 4 is 147 Å². The standard InChI is InChI=1S/Al.La.Li.5H3O4P.2Sr.Ti/c;;;5*1-5(2,3)4;;;/h;;;5*(H3,1,2,3,4);;;/q2*+3;+1;;;;;;2*+2;+4/p-15. The van der Waals surface area contributed by atoms with Crippen molar-refractivity contribution in [1.82, 2.24) is 0 Å². The molecule has 0 aromatic heterocycles. The average molecular weight is 871 g/mol. The van der Waals surface area contributed by atoms with E-state index < -0.39 is 39.1 Å². The molecule has 0 aliphatic carbocycles. The quantitative estimate of drug-likeness (QED) is 0.161. The first-order valence-electron chi connectivity index (χ1n) is 3.65. The minimum absolute atomic E-state index is 0. The van der Waals surface area contributed by atoms with E-state index in [9.17, 15) is 0 Å². The van der Waals surface area contributed by atoms with Crippen molar-refractivity contribution in [2.24, 2.45) is 0 Å². The van der Waals surface area contributed by atoms with Gasteiger partial charge in [0.25, 0.3) is 0 Å². The molecular formula is AlLaLiO20P5Sr2Ti. The minimum atomic E-state index is -5.39. The molecule has 0 atom stereocenters. The molecule has 0 unspecified atom stereocenters. The SMILES string of the molecule is O=P([O-])([O-])[O-].O=P([O-])([O-])[O-].O=P([O-])([O-])[O-].O=P([O-])([O-])[O-].O=P([O-])([O-])[O-].[Al+3].[La+3].[Li+].[Sr+2].[Sr+2].[Ti+4]. The van der Waals surface area contributed by atoms with Crippen molar-refractivity contribution in [1.29, 1.82) is 0 Å². The Morgan fingerprint density at radius 1 is 0.355 bits per heavy atom. The molecule has 0 spiro atoms. The molecule has 0 rings (SSSR count). The molecule has 31 heavy (non-hydrogen) atoms. The molecular weight excluding hydrogens is 871 g/mol. The molecule has 0 fully saturated rings. The third-order valence-corrected chi connectivity index (χ3v) is 0. The molecule has 0 saturated carbocycles. The van der Waals surface area contributed by atoms with Crippen molar-refractivity contribution in [3.05, 3.63) is 0 Å². The summed E-state index contributed by atoms with van der Waals surface area (Å²) < 4.78 is 42.7. The van der Waals surface area contributed by atoms with Crippen molar-refractivity contribution < 1.29 is 172 Å². The molecule has 20 nitrogen and oxygen atoms in total. The van der Waals surface area contributed by atoms with Gasteiger partial charge in [0.05, 0.1) is 0 Å². The zero-order valence-electron chi connectivity index (χ0n) is 14.5. The van der Waals surface area contributed by atoms with Crippen molar-refractivity contribution in [2.45, 2.75) is 0 Å². The fraction of sp³-hybridized carbons (Fsp3) is 0. The van der Waals surface area contributed by atoms with Gasteiger partial charge in [-0.25, -0.2) is 0 Å². The maximum Gasteiger partial charge on any atom is 4.00 e. The Morgan fingerprint density at radius 3 is 0.355 bits per heavy atom. The predicted octanol–water partition coefficient (Wildman–Crippen LogP) is -18.3. The van der Waals surface area contributed by atoms with Crippen LogP contribution in [-0.2, 0) is 44.5 Å². The summed E-state index contributed by atoms with van der Waals surface area (Å²) in [7, 11) is -26.9. The fourth-order valence-electron chi connectivity index (χ4n) is 0. The number of hydrogen-bond acceptors (Lipinski definition) is 20. The molecule has 0 amide bonds. The van der Waals surface area contributed by atoms with Crippen LogP contribution in [0.1, 0.15) is 0 Å². The van der Waals surface area contributed by atoms with E-state index in [2.05, 4.69) is 0 Å². The molecule has 160 valence electrons. The maximum absolute atomic E-state index is 8.55. The van der Waals surface area contributed by atoms with E-state index in [4.69, 9.17) is 96.2 Å². The molecule has 0 aliphatic heterocycles. The third-order valence-electron chi connectivity index (χ3n) is 0. The minimum Gasteiger partial charge on any atom is -0.822 e. The summed E-state index contributed by atoms with van der Waals surface area (Å²) in [6.45, 7) is 0. The van der Waals surface area contributed by atoms with Crippen LogP contribution in [0.15, 0.2) is 0 Å². The van der Waals surface area contributed by atoms with Gasteiger partial charge in [-0.2, -0.15) is 39.1 Å². The summed E-state index contributed by atoms with van der Waals surface area (Å²) in [5, 5.41) is 0. The van der Waals surface area contributed by atoms with Crippen LogP contribution in [0.4, 0.5) is 0 Å². The van der Waals surface area contributed by atoms with Gasteiger partial charge in [0.15, 0.2) is 0 Å². The summed E-state index contributed by atoms with van der Waals surface area (Å²) in [6, 6.07) is 0. The van der Waals surface area contributed by atoms with Crippen LogP contribution in [0.3, 0.4) is 0 Å². The maximum atomic E-state index is 8.55. The Kier molecular flexibility index (Phi) is 79.4. The predicted molar refractivity (Wildman–Crippen MR) is 55.3 cm³/mol. The van der Waals surface area contributed by atoms with Gasteiger partial charge in [0, 0.05) is 0 Å². The van der Waals surface area contributed by atoms with Crippen molar-refractivity contribution in [3.63, 3.8) is 0 Å². The van der Waals surface area contributed by atoms with E-state index in [0.717, 1.165) is 0 Å². The van der Waals surface area contributed by atoms with E-state index in [1.54, 1.807) is 0 Å². The first kappa shape index (κ1) is 71.2. The second-order valence-electron chi connectivity index (χ2n) is 2.24. The Balaban J connectivity index is -0.0000000171. The second kappa shape index (κ2) is 34.6. The van der Waals surface area contributed by atoms with Gasteiger partial charge >= 0.3 is 185 Å². The Hall–Kier alpha value is 6.55. The smallest absolute Gasteiger partial charge is 0.822 e. The van der Waals surface area contributed by atoms with E-state index >= 15 is 0 Å². The molecule has 0 heterocycles. The van der Waals surface area contributed by atoms with E-state index in [1.807, 2.05) is 0 Å². The Bertz CT molecular complexity index is 400. The summed E-state index contributed by atoms with van der Waals surface area (Å²) in [4.78, 5) is 128. The van der Waals surface area contributed by atoms with Gasteiger partial charge in [-0.3, -0.25) is 0 Å². The zero-order chi connectivity index (χ0) is 22.5. The molecule has 0 saturated heterocycles. The van der Waals surface area contributed by atoms with Crippen LogP contribution in [0.5, 0.6) is 0 Å². The number of rotatable bonds is 0. The van der Waals surface area contributed by atoms with Crippen LogP contribution in [0.25, 0.3) is 0 Å². The normalized spacial score (nSPS) is 9.52. The number of phosphoric acid groups is 5. The average Bonchev–Trinajstić information content (AvgIpc) is 1.79. The molecule has 0 aromatic rings. The van der Waals surface area contributed by atoms with E-state index in [0.29, 0.717) is 0 Å². The fourth-order valence-corrected chi connectivity index (χ4v) is 0. The topological polar surface area (TPSA) is 431 Å². The largest absolute Gasteiger partial charge is 4.00 e. The van der Waals surface area contributed by atoms with Crippen molar-refractivity contribution in [2.75, 3.05) is 0 Å². The van der Waals surface area contributed by atoms with Gasteiger partial charge in [-0.15, -0.1) is 0 Å². The molecule has 0 aliphatic rings. The van der Waals surface area contributed by atoms with Gasteiger partial charge in [-0.05, 0) is 0 Å². The monoisotopic (exact) mass is 871 g/mol. The summed E-state index contributed by atoms with van der Waals surface area (Å²) in [5.41, 5.74) is 0. The van der Waals surface area contributed by atoms with Gasteiger partial charge in [0.2, 0.25) is 0 Å². The summed E-state index contributed by atoms with van der Waals surface area (Å²) >= 11 is 0. The summed E-state index contributed by atoms with van der Waals surface area (Å²) in [5.74, 6) is 0. The summed E-state index contributed by atoms with van der Waals surface area (Å²) in [6.07, 6.45) is 0. The zero-order valence-corrected chi connectivity index (χ0v) is 32.2. The van der Waals surface area contributed by atoms with E-state index in [1.165, 1.54) is 0 Å². The first-order valence-corrected chi connectivity index (χ1v) is 11.0. The molecule has 31 heteroatoms. The third kappa shape index (κ3) is 1020. The number of hydrogen-bond donors (Lipinski definition) is 0. The Labute approximate surface area is 313 Å². The van der Waals surface area contributed by atoms with Gasteiger partial charge < -0.3 is 96.2 Å². The van der Waals surface area contributed by atoms with Crippen molar-refractivity contribution in [3.8, 4) is 0 Å². The van der Waals surface area contributed by atoms with E-state index in [-0.39, 0.29) is 185 Å².